The van der Waals surface area contributed by atoms with Gasteiger partial charge < -0.3 is 24.3 Å². The second-order valence-corrected chi connectivity index (χ2v) is 3.45. The third-order valence-electron chi connectivity index (χ3n) is 2.00. The molecule has 0 saturated heterocycles. The van der Waals surface area contributed by atoms with E-state index >= 15 is 0 Å². The monoisotopic (exact) mass is 229 g/mol. The van der Waals surface area contributed by atoms with Crippen LogP contribution in [-0.4, -0.2) is 44.6 Å². The fraction of sp³-hybridized carbons (Fsp3) is 0.636. The molecule has 1 rings (SSSR count). The van der Waals surface area contributed by atoms with E-state index in [1.54, 1.807) is 19.4 Å². The Hall–Kier alpha value is -0.880. The van der Waals surface area contributed by atoms with Crippen molar-refractivity contribution in [1.29, 1.82) is 0 Å². The van der Waals surface area contributed by atoms with Crippen LogP contribution in [-0.2, 0) is 16.1 Å². The summed E-state index contributed by atoms with van der Waals surface area (Å²) < 4.78 is 15.2. The van der Waals surface area contributed by atoms with Crippen LogP contribution in [0, 0.1) is 0 Å². The van der Waals surface area contributed by atoms with Crippen molar-refractivity contribution in [2.45, 2.75) is 12.7 Å². The molecule has 0 aliphatic carbocycles. The lowest BCUT2D eigenvalue weighted by Gasteiger charge is -2.11. The number of aliphatic hydroxyl groups is 1. The summed E-state index contributed by atoms with van der Waals surface area (Å²) in [7, 11) is 1.64. The van der Waals surface area contributed by atoms with Crippen LogP contribution >= 0.6 is 0 Å². The first-order valence-corrected chi connectivity index (χ1v) is 5.30. The van der Waals surface area contributed by atoms with Gasteiger partial charge in [-0.15, -0.1) is 0 Å². The molecule has 0 aliphatic heterocycles. The molecule has 1 aromatic rings. The van der Waals surface area contributed by atoms with Crippen LogP contribution in [0.5, 0.6) is 0 Å². The van der Waals surface area contributed by atoms with Crippen LogP contribution < -0.4 is 5.32 Å². The highest BCUT2D eigenvalue weighted by Gasteiger charge is 2.04. The van der Waals surface area contributed by atoms with Gasteiger partial charge in [0.05, 0.1) is 25.6 Å². The molecule has 1 heterocycles. The first-order valence-electron chi connectivity index (χ1n) is 5.30. The van der Waals surface area contributed by atoms with Crippen molar-refractivity contribution >= 4 is 0 Å². The Morgan fingerprint density at radius 2 is 2.44 bits per heavy atom. The minimum atomic E-state index is -0.508. The highest BCUT2D eigenvalue weighted by molar-refractivity contribution is 4.96. The fourth-order valence-corrected chi connectivity index (χ4v) is 1.19. The van der Waals surface area contributed by atoms with Crippen molar-refractivity contribution in [2.75, 3.05) is 33.4 Å². The van der Waals surface area contributed by atoms with Crippen LogP contribution in [0.15, 0.2) is 22.8 Å². The molecule has 5 nitrogen and oxygen atoms in total. The van der Waals surface area contributed by atoms with Gasteiger partial charge in [0.15, 0.2) is 0 Å². The summed E-state index contributed by atoms with van der Waals surface area (Å²) in [5, 5.41) is 12.6. The highest BCUT2D eigenvalue weighted by Crippen LogP contribution is 2.01. The topological polar surface area (TPSA) is 63.9 Å². The maximum Gasteiger partial charge on any atom is 0.129 e. The molecule has 16 heavy (non-hydrogen) atoms. The molecule has 0 aliphatic rings. The number of rotatable bonds is 9. The highest BCUT2D eigenvalue weighted by atomic mass is 16.5. The number of furan rings is 1. The molecule has 0 saturated carbocycles. The Morgan fingerprint density at radius 1 is 1.56 bits per heavy atom. The van der Waals surface area contributed by atoms with Gasteiger partial charge in [0.2, 0.25) is 0 Å². The number of ether oxygens (including phenoxy) is 2. The summed E-state index contributed by atoms with van der Waals surface area (Å²) in [6.45, 7) is 2.55. The molecule has 0 unspecified atom stereocenters. The summed E-state index contributed by atoms with van der Waals surface area (Å²) in [6, 6.07) is 3.64. The molecular weight excluding hydrogens is 210 g/mol. The first-order chi connectivity index (χ1) is 7.83. The predicted octanol–water partition coefficient (Wildman–Crippen LogP) is 0.393. The minimum Gasteiger partial charge on any atom is -0.467 e. The van der Waals surface area contributed by atoms with E-state index in [2.05, 4.69) is 5.32 Å². The first kappa shape index (κ1) is 13.2. The normalized spacial score (nSPS) is 12.9. The molecule has 1 atom stereocenters. The minimum absolute atomic E-state index is 0.292. The van der Waals surface area contributed by atoms with E-state index in [0.717, 1.165) is 12.3 Å². The van der Waals surface area contributed by atoms with E-state index in [1.807, 2.05) is 6.07 Å². The van der Waals surface area contributed by atoms with Crippen molar-refractivity contribution in [1.82, 2.24) is 5.32 Å². The Labute approximate surface area is 95.4 Å². The number of hydrogen-bond acceptors (Lipinski definition) is 5. The summed E-state index contributed by atoms with van der Waals surface area (Å²) in [5.74, 6) is 0.763. The Kier molecular flexibility index (Phi) is 6.83. The average Bonchev–Trinajstić information content (AvgIpc) is 2.77. The summed E-state index contributed by atoms with van der Waals surface area (Å²) in [4.78, 5) is 0. The van der Waals surface area contributed by atoms with Crippen LogP contribution in [0.2, 0.25) is 0 Å². The molecular formula is C11H19NO4. The van der Waals surface area contributed by atoms with Gasteiger partial charge in [-0.25, -0.2) is 0 Å². The van der Waals surface area contributed by atoms with E-state index in [0.29, 0.717) is 26.4 Å². The second-order valence-electron chi connectivity index (χ2n) is 3.45. The van der Waals surface area contributed by atoms with Gasteiger partial charge in [0.1, 0.15) is 12.4 Å². The van der Waals surface area contributed by atoms with E-state index < -0.39 is 6.10 Å². The summed E-state index contributed by atoms with van der Waals surface area (Å²) in [6.07, 6.45) is 1.09. The van der Waals surface area contributed by atoms with E-state index in [-0.39, 0.29) is 0 Å². The van der Waals surface area contributed by atoms with Gasteiger partial charge in [-0.2, -0.15) is 0 Å². The molecule has 2 N–H and O–H groups in total. The van der Waals surface area contributed by atoms with E-state index in [9.17, 15) is 5.11 Å². The summed E-state index contributed by atoms with van der Waals surface area (Å²) in [5.41, 5.74) is 0. The smallest absolute Gasteiger partial charge is 0.129 e. The van der Waals surface area contributed by atoms with Crippen LogP contribution in [0.3, 0.4) is 0 Å². The molecule has 0 spiro atoms. The number of aliphatic hydroxyl groups excluding tert-OH is 1. The van der Waals surface area contributed by atoms with Gasteiger partial charge in [-0.05, 0) is 12.1 Å². The van der Waals surface area contributed by atoms with E-state index in [4.69, 9.17) is 13.9 Å². The molecule has 92 valence electrons. The van der Waals surface area contributed by atoms with Crippen molar-refractivity contribution in [3.63, 3.8) is 0 Å². The molecule has 0 bridgehead atoms. The second kappa shape index (κ2) is 8.29. The number of methoxy groups -OCH3 is 1. The summed E-state index contributed by atoms with van der Waals surface area (Å²) >= 11 is 0. The predicted molar refractivity (Wildman–Crippen MR) is 59.1 cm³/mol. The molecule has 0 fully saturated rings. The maximum absolute atomic E-state index is 9.52. The standard InChI is InChI=1S/C11H19NO4/c1-14-6-4-12-7-10(13)8-15-9-11-3-2-5-16-11/h2-3,5,10,12-13H,4,6-9H2,1H3/t10-/m0/s1. The van der Waals surface area contributed by atoms with Crippen molar-refractivity contribution in [3.05, 3.63) is 24.2 Å². The molecule has 0 radical (unpaired) electrons. The molecule has 0 amide bonds. The van der Waals surface area contributed by atoms with Gasteiger partial charge in [0.25, 0.3) is 0 Å². The third-order valence-corrected chi connectivity index (χ3v) is 2.00. The SMILES string of the molecule is COCCNC[C@H](O)COCc1ccco1. The van der Waals surface area contributed by atoms with Crippen molar-refractivity contribution < 1.29 is 19.0 Å². The number of hydrogen-bond donors (Lipinski definition) is 2. The molecule has 1 aromatic heterocycles. The Morgan fingerprint density at radius 3 is 3.12 bits per heavy atom. The largest absolute Gasteiger partial charge is 0.467 e. The van der Waals surface area contributed by atoms with Crippen LogP contribution in [0.4, 0.5) is 0 Å². The van der Waals surface area contributed by atoms with Gasteiger partial charge in [-0.1, -0.05) is 0 Å². The van der Waals surface area contributed by atoms with Crippen molar-refractivity contribution in [2.24, 2.45) is 0 Å². The molecule has 5 heteroatoms. The quantitative estimate of drug-likeness (QED) is 0.600. The average molecular weight is 229 g/mol. The lowest BCUT2D eigenvalue weighted by molar-refractivity contribution is 0.0221. The third kappa shape index (κ3) is 5.87. The zero-order valence-corrected chi connectivity index (χ0v) is 9.52. The van der Waals surface area contributed by atoms with Crippen LogP contribution in [0.25, 0.3) is 0 Å². The Bertz CT molecular complexity index is 250. The number of nitrogens with one attached hydrogen (secondary N) is 1. The lowest BCUT2D eigenvalue weighted by atomic mass is 10.4. The maximum atomic E-state index is 9.52. The van der Waals surface area contributed by atoms with Crippen LogP contribution in [0.1, 0.15) is 5.76 Å². The van der Waals surface area contributed by atoms with E-state index in [1.165, 1.54) is 0 Å². The zero-order chi connectivity index (χ0) is 11.6. The van der Waals surface area contributed by atoms with Gasteiger partial charge in [0, 0.05) is 20.2 Å². The lowest BCUT2D eigenvalue weighted by Crippen LogP contribution is -2.32. The zero-order valence-electron chi connectivity index (χ0n) is 9.52. The van der Waals surface area contributed by atoms with Gasteiger partial charge in [-0.3, -0.25) is 0 Å². The Balaban J connectivity index is 1.95. The van der Waals surface area contributed by atoms with Gasteiger partial charge >= 0.3 is 0 Å². The molecule has 0 aromatic carbocycles. The fourth-order valence-electron chi connectivity index (χ4n) is 1.19. The van der Waals surface area contributed by atoms with Crippen molar-refractivity contribution in [3.8, 4) is 0 Å².